The van der Waals surface area contributed by atoms with E-state index in [1.54, 1.807) is 32.1 Å². The Morgan fingerprint density at radius 1 is 1.01 bits per heavy atom. The number of aliphatic hydroxyl groups is 2. The van der Waals surface area contributed by atoms with Gasteiger partial charge in [-0.25, -0.2) is 5.84 Å². The molecule has 402 valence electrons. The van der Waals surface area contributed by atoms with Gasteiger partial charge in [-0.1, -0.05) is 90.1 Å². The molecule has 17 nitrogen and oxygen atoms in total. The molecule has 1 spiro atoms. The van der Waals surface area contributed by atoms with Crippen LogP contribution < -0.4 is 32.3 Å². The first-order chi connectivity index (χ1) is 35.1. The number of Topliss-reactive ketones (excluding diaryl/α,β-unsaturated/α-hetero) is 1. The summed E-state index contributed by atoms with van der Waals surface area (Å²) < 4.78 is 18.7. The number of amides is 1. The number of nitrogens with two attached hydrogens (primary N) is 2. The van der Waals surface area contributed by atoms with E-state index in [-0.39, 0.29) is 74.1 Å². The van der Waals surface area contributed by atoms with Crippen molar-refractivity contribution in [3.63, 3.8) is 0 Å². The third-order valence-corrected chi connectivity index (χ3v) is 14.6. The summed E-state index contributed by atoms with van der Waals surface area (Å²) >= 11 is 0. The number of aliphatic hydroxyl groups excluding tert-OH is 2. The van der Waals surface area contributed by atoms with Crippen molar-refractivity contribution in [2.75, 3.05) is 38.6 Å². The molecule has 8 rings (SSSR count). The minimum Gasteiger partial charge on any atom is -0.507 e. The van der Waals surface area contributed by atoms with Crippen LogP contribution in [0.25, 0.3) is 10.8 Å². The number of nitrogens with zero attached hydrogens (tertiary/aromatic N) is 4. The third-order valence-electron chi connectivity index (χ3n) is 14.6. The Hall–Kier alpha value is -6.27. The number of hydrazine groups is 1. The van der Waals surface area contributed by atoms with Crippen LogP contribution in [0, 0.1) is 36.5 Å². The van der Waals surface area contributed by atoms with Gasteiger partial charge in [0.1, 0.15) is 35.2 Å². The van der Waals surface area contributed by atoms with Gasteiger partial charge in [0.2, 0.25) is 0 Å². The highest BCUT2D eigenvalue weighted by Crippen LogP contribution is 2.50. The molecule has 1 saturated heterocycles. The molecule has 1 fully saturated rings. The van der Waals surface area contributed by atoms with Crippen LogP contribution in [0.3, 0.4) is 0 Å². The lowest BCUT2D eigenvalue weighted by Gasteiger charge is -2.36. The molecule has 3 aromatic rings. The highest BCUT2D eigenvalue weighted by Gasteiger charge is 2.50. The Labute approximate surface area is 435 Å². The Morgan fingerprint density at radius 2 is 1.69 bits per heavy atom. The molecule has 0 aromatic heterocycles. The second-order valence-electron chi connectivity index (χ2n) is 21.2. The molecule has 1 amide bonds. The van der Waals surface area contributed by atoms with Gasteiger partial charge in [-0.05, 0) is 81.3 Å². The van der Waals surface area contributed by atoms with Gasteiger partial charge in [-0.3, -0.25) is 24.4 Å². The van der Waals surface area contributed by atoms with Crippen molar-refractivity contribution in [3.05, 3.63) is 106 Å². The van der Waals surface area contributed by atoms with Crippen LogP contribution in [0.15, 0.2) is 88.4 Å². The van der Waals surface area contributed by atoms with E-state index in [1.165, 1.54) is 30.0 Å². The SMILES string of the molecule is C/C1=C/C=C/C(C)C[C@@H](C)C(O)[C@@H](C)C(OC(=O)CN(N)/C=C(\N)CCCc2ccccc2)[C@H](C)C/C=C/OC2(C)Oc3c(C)c(O)c4c(O)c(c5c(c4c3C2=O)=NC2(CCN(CC(C)C)CC2)N=5)NC1=O.CO. The van der Waals surface area contributed by atoms with E-state index in [0.29, 0.717) is 62.4 Å². The topological polar surface area (TPSA) is 255 Å². The predicted octanol–water partition coefficient (Wildman–Crippen LogP) is 6.74. The Morgan fingerprint density at radius 3 is 2.36 bits per heavy atom. The molecule has 7 atom stereocenters. The predicted molar refractivity (Wildman–Crippen MR) is 285 cm³/mol. The minimum atomic E-state index is -1.91. The maximum absolute atomic E-state index is 14.8. The lowest BCUT2D eigenvalue weighted by atomic mass is 9.80. The van der Waals surface area contributed by atoms with E-state index in [4.69, 9.17) is 40.9 Å². The first-order valence-corrected chi connectivity index (χ1v) is 25.9. The molecule has 5 aliphatic heterocycles. The molecule has 4 unspecified atom stereocenters. The van der Waals surface area contributed by atoms with Crippen molar-refractivity contribution in [2.24, 2.45) is 51.2 Å². The van der Waals surface area contributed by atoms with Gasteiger partial charge >= 0.3 is 11.8 Å². The maximum atomic E-state index is 14.8. The average molecular weight is 1020 g/mol. The molecule has 0 aliphatic carbocycles. The van der Waals surface area contributed by atoms with Gasteiger partial charge in [0.05, 0.1) is 28.7 Å². The fraction of sp³-hybridized carbons (Fsp3) is 0.526. The number of rotatable bonds is 10. The minimum absolute atomic E-state index is 0.0164. The fourth-order valence-electron chi connectivity index (χ4n) is 10.6. The number of esters is 1. The molecule has 5 heterocycles. The van der Waals surface area contributed by atoms with Crippen molar-refractivity contribution in [1.82, 2.24) is 9.91 Å². The second kappa shape index (κ2) is 24.4. The van der Waals surface area contributed by atoms with Crippen molar-refractivity contribution in [2.45, 2.75) is 131 Å². The number of piperidine rings is 1. The molecule has 0 radical (unpaired) electrons. The van der Waals surface area contributed by atoms with E-state index in [1.807, 2.05) is 52.0 Å². The smallest absolute Gasteiger partial charge is 0.327 e. The number of carbonyl (C=O) groups excluding carboxylic acids is 3. The number of phenolic OH excluding ortho intramolecular Hbond substituents is 2. The zero-order valence-corrected chi connectivity index (χ0v) is 44.9. The van der Waals surface area contributed by atoms with Crippen molar-refractivity contribution in [1.29, 1.82) is 0 Å². The lowest BCUT2D eigenvalue weighted by Crippen LogP contribution is -2.43. The van der Waals surface area contributed by atoms with Crippen LogP contribution in [0.1, 0.15) is 115 Å². The standard InChI is InChI=1S/C56H75N7O9.CH4O/c1-32(2)29-62-25-23-56(24-26-62)60-45-42-43-49(66)38(8)52-44(42)53(68)55(9,72-52)70-27-15-18-34(4)51(71-41(64)31-63(58)30-40(57)22-14-21-39-19-11-10-12-20-39)37(7)48(65)36(6)28-33(3)16-13-17-35(5)54(69)59-47(50(43)67)46(45)61-56;1-2/h10-13,15-17,19-20,27,30,32-34,36-37,48,51,65-67H,14,18,21-26,28-29,31,57-58H2,1-9H3,(H,59,69);2H,1H3/b16-13+,27-15+,35-17-,40-30-;/t33?,34-,36-,37-,48?,51?,55?;/m1./s1. The highest BCUT2D eigenvalue weighted by atomic mass is 16.7. The molecule has 9 N–H and O–H groups in total. The number of nitrogens with one attached hydrogen (secondary N) is 1. The number of ketones is 1. The molecule has 5 aliphatic rings. The molecule has 74 heavy (non-hydrogen) atoms. The van der Waals surface area contributed by atoms with Crippen LogP contribution in [0.4, 0.5) is 5.69 Å². The summed E-state index contributed by atoms with van der Waals surface area (Å²) in [6, 6.07) is 10.1. The van der Waals surface area contributed by atoms with Crippen LogP contribution in [-0.2, 0) is 25.5 Å². The molecule has 17 heteroatoms. The molecule has 3 aromatic carbocycles. The number of aryl methyl sites for hydroxylation is 1. The monoisotopic (exact) mass is 1020 g/mol. The van der Waals surface area contributed by atoms with Crippen LogP contribution in [-0.4, -0.2) is 105 Å². The van der Waals surface area contributed by atoms with Crippen molar-refractivity contribution < 1.29 is 49.0 Å². The maximum Gasteiger partial charge on any atom is 0.327 e. The average Bonchev–Trinajstić information content (AvgIpc) is 3.86. The molecular weight excluding hydrogens is 943 g/mol. The fourth-order valence-corrected chi connectivity index (χ4v) is 10.6. The summed E-state index contributed by atoms with van der Waals surface area (Å²) in [4.78, 5) is 55.2. The summed E-state index contributed by atoms with van der Waals surface area (Å²) in [5, 5.41) is 47.6. The van der Waals surface area contributed by atoms with E-state index in [2.05, 4.69) is 36.2 Å². The first-order valence-electron chi connectivity index (χ1n) is 25.9. The summed E-state index contributed by atoms with van der Waals surface area (Å²) in [6.07, 6.45) is 12.6. The number of fused-ring (bicyclic) bond motifs is 13. The van der Waals surface area contributed by atoms with Gasteiger partial charge in [0, 0.05) is 80.8 Å². The Balaban J connectivity index is 0.00000440. The number of ether oxygens (including phenoxy) is 3. The number of hydrogen-bond donors (Lipinski definition) is 7. The van der Waals surface area contributed by atoms with E-state index >= 15 is 0 Å². The van der Waals surface area contributed by atoms with Gasteiger partial charge in [-0.2, -0.15) is 0 Å². The zero-order valence-electron chi connectivity index (χ0n) is 44.9. The summed E-state index contributed by atoms with van der Waals surface area (Å²) in [6.45, 7) is 18.9. The summed E-state index contributed by atoms with van der Waals surface area (Å²) in [7, 11) is 1.00. The Kier molecular flexibility index (Phi) is 18.8. The molecule has 5 bridgehead atoms. The van der Waals surface area contributed by atoms with Crippen LogP contribution >= 0.6 is 0 Å². The number of hydrogen-bond acceptors (Lipinski definition) is 16. The third kappa shape index (κ3) is 12.8. The van der Waals surface area contributed by atoms with Gasteiger partial charge in [0.25, 0.3) is 11.7 Å². The van der Waals surface area contributed by atoms with Crippen molar-refractivity contribution >= 4 is 34.1 Å². The van der Waals surface area contributed by atoms with Gasteiger partial charge in [0.15, 0.2) is 11.4 Å². The second-order valence-corrected chi connectivity index (χ2v) is 21.2. The number of benzene rings is 3. The molecule has 0 saturated carbocycles. The number of allylic oxidation sites excluding steroid dienone is 5. The number of likely N-dealkylation sites (tertiary alicyclic amines) is 1. The lowest BCUT2D eigenvalue weighted by molar-refractivity contribution is -0.159. The normalized spacial score (nSPS) is 26.9. The van der Waals surface area contributed by atoms with E-state index < -0.39 is 53.0 Å². The molecular formula is C57H79N7O10. The quantitative estimate of drug-likeness (QED) is 0.0481. The van der Waals surface area contributed by atoms with E-state index in [9.17, 15) is 29.7 Å². The number of phenols is 2. The summed E-state index contributed by atoms with van der Waals surface area (Å²) in [5.74, 6) is 1.25. The van der Waals surface area contributed by atoms with Crippen LogP contribution in [0.5, 0.6) is 17.2 Å². The Bertz CT molecular complexity index is 2780. The largest absolute Gasteiger partial charge is 0.507 e. The van der Waals surface area contributed by atoms with Gasteiger partial charge < -0.3 is 55.6 Å². The van der Waals surface area contributed by atoms with Crippen molar-refractivity contribution in [3.8, 4) is 17.2 Å². The summed E-state index contributed by atoms with van der Waals surface area (Å²) in [5.41, 5.74) is 7.64. The van der Waals surface area contributed by atoms with Gasteiger partial charge in [-0.15, -0.1) is 0 Å². The first kappa shape index (κ1) is 57.0. The number of carbonyl (C=O) groups is 3. The van der Waals surface area contributed by atoms with Crippen LogP contribution in [0.2, 0.25) is 0 Å². The zero-order chi connectivity index (χ0) is 54.2. The van der Waals surface area contributed by atoms with E-state index in [0.717, 1.165) is 26.5 Å². The highest BCUT2D eigenvalue weighted by molar-refractivity contribution is 6.19. The number of aromatic hydroxyl groups is 2. The number of anilines is 1.